The summed E-state index contributed by atoms with van der Waals surface area (Å²) in [6.07, 6.45) is 0. The van der Waals surface area contributed by atoms with Crippen molar-refractivity contribution in [2.75, 3.05) is 13.7 Å². The Balaban J connectivity index is 2.59. The summed E-state index contributed by atoms with van der Waals surface area (Å²) >= 11 is 0. The Morgan fingerprint density at radius 1 is 1.10 bits per heavy atom. The molecule has 0 bridgehead atoms. The van der Waals surface area contributed by atoms with Crippen molar-refractivity contribution in [1.29, 1.82) is 0 Å². The summed E-state index contributed by atoms with van der Waals surface area (Å²) in [6.45, 7) is 10.1. The van der Waals surface area contributed by atoms with Crippen LogP contribution < -0.4 is 5.32 Å². The van der Waals surface area contributed by atoms with E-state index in [2.05, 4.69) is 25.0 Å². The van der Waals surface area contributed by atoms with Gasteiger partial charge in [0.05, 0.1) is 35.7 Å². The number of rotatable bonds is 7. The summed E-state index contributed by atoms with van der Waals surface area (Å²) in [5.74, 6) is -2.24. The molecule has 1 aliphatic rings. The smallest absolute Gasteiger partial charge is 0.336 e. The molecule has 0 spiro atoms. The lowest BCUT2D eigenvalue weighted by Crippen LogP contribution is -2.33. The van der Waals surface area contributed by atoms with E-state index >= 15 is 0 Å². The van der Waals surface area contributed by atoms with E-state index in [0.29, 0.717) is 11.4 Å². The van der Waals surface area contributed by atoms with Crippen LogP contribution in [0.25, 0.3) is 0 Å². The number of dihydropyridines is 1. The van der Waals surface area contributed by atoms with Crippen molar-refractivity contribution in [2.24, 2.45) is 0 Å². The van der Waals surface area contributed by atoms with Gasteiger partial charge in [-0.2, -0.15) is 0 Å². The van der Waals surface area contributed by atoms with Gasteiger partial charge in [-0.15, -0.1) is 0 Å². The van der Waals surface area contributed by atoms with Crippen LogP contribution >= 0.6 is 0 Å². The van der Waals surface area contributed by atoms with Gasteiger partial charge < -0.3 is 14.8 Å². The fourth-order valence-corrected chi connectivity index (χ4v) is 4.10. The molecule has 0 amide bonds. The Kier molecular flexibility index (Phi) is 7.19. The minimum absolute atomic E-state index is 0.148. The van der Waals surface area contributed by atoms with Crippen LogP contribution in [0, 0.1) is 10.1 Å². The van der Waals surface area contributed by atoms with Gasteiger partial charge in [-0.05, 0) is 19.9 Å². The Hall–Kier alpha value is -2.94. The lowest BCUT2D eigenvalue weighted by atomic mass is 9.79. The van der Waals surface area contributed by atoms with E-state index in [4.69, 9.17) is 9.47 Å². The normalized spacial score (nSPS) is 16.8. The first-order valence-corrected chi connectivity index (χ1v) is 13.4. The van der Waals surface area contributed by atoms with Crippen molar-refractivity contribution in [3.63, 3.8) is 0 Å². The van der Waals surface area contributed by atoms with E-state index in [1.165, 1.54) is 13.2 Å². The molecule has 1 heterocycles. The van der Waals surface area contributed by atoms with E-state index in [1.54, 1.807) is 32.0 Å². The number of nitrogens with one attached hydrogen (secondary N) is 1. The summed E-state index contributed by atoms with van der Waals surface area (Å²) in [5.41, 5.74) is 1.34. The zero-order valence-electron chi connectivity index (χ0n) is 18.2. The third kappa shape index (κ3) is 5.15. The fourth-order valence-electron chi connectivity index (χ4n) is 3.38. The second kappa shape index (κ2) is 9.25. The Morgan fingerprint density at radius 2 is 1.67 bits per heavy atom. The number of nitro groups is 1. The van der Waals surface area contributed by atoms with E-state index in [1.807, 2.05) is 0 Å². The molecule has 8 nitrogen and oxygen atoms in total. The maximum Gasteiger partial charge on any atom is 0.336 e. The number of carbonyl (C=O) groups excluding carboxylic acids is 2. The van der Waals surface area contributed by atoms with Crippen LogP contribution in [0.4, 0.5) is 5.69 Å². The van der Waals surface area contributed by atoms with Crippen LogP contribution in [0.5, 0.6) is 0 Å². The highest BCUT2D eigenvalue weighted by Crippen LogP contribution is 2.42. The third-order valence-corrected chi connectivity index (χ3v) is 6.62. The third-order valence-electron chi connectivity index (χ3n) is 4.92. The molecule has 1 aliphatic heterocycles. The number of hydrogen-bond donors (Lipinski definition) is 1. The molecule has 0 fully saturated rings. The topological polar surface area (TPSA) is 108 Å². The van der Waals surface area contributed by atoms with Crippen molar-refractivity contribution in [3.8, 4) is 0 Å². The zero-order valence-corrected chi connectivity index (χ0v) is 19.2. The highest BCUT2D eigenvalue weighted by molar-refractivity contribution is 6.76. The second-order valence-electron chi connectivity index (χ2n) is 8.39. The highest BCUT2D eigenvalue weighted by Gasteiger charge is 2.40. The molecule has 162 valence electrons. The van der Waals surface area contributed by atoms with E-state index in [-0.39, 0.29) is 29.0 Å². The summed E-state index contributed by atoms with van der Waals surface area (Å²) < 4.78 is 10.5. The summed E-state index contributed by atoms with van der Waals surface area (Å²) in [5, 5.41) is 14.7. The first-order chi connectivity index (χ1) is 14.0. The highest BCUT2D eigenvalue weighted by atomic mass is 28.3. The summed E-state index contributed by atoms with van der Waals surface area (Å²) in [7, 11) is -0.193. The van der Waals surface area contributed by atoms with Gasteiger partial charge in [0.25, 0.3) is 5.69 Å². The second-order valence-corrected chi connectivity index (χ2v) is 14.0. The van der Waals surface area contributed by atoms with Crippen LogP contribution in [0.15, 0.2) is 46.8 Å². The van der Waals surface area contributed by atoms with Crippen molar-refractivity contribution in [3.05, 3.63) is 62.5 Å². The Labute approximate surface area is 177 Å². The molecule has 0 aliphatic carbocycles. The van der Waals surface area contributed by atoms with Crippen LogP contribution in [-0.2, 0) is 19.1 Å². The fraction of sp³-hybridized carbons (Fsp3) is 0.429. The predicted octanol–water partition coefficient (Wildman–Crippen LogP) is 3.88. The molecule has 0 aromatic heterocycles. The molecular formula is C21H28N2O6Si. The van der Waals surface area contributed by atoms with Gasteiger partial charge in [0, 0.05) is 31.1 Å². The number of ether oxygens (including phenoxy) is 2. The molecule has 0 saturated heterocycles. The number of allylic oxidation sites excluding steroid dienone is 2. The molecule has 1 atom stereocenters. The molecule has 0 saturated carbocycles. The Bertz CT molecular complexity index is 930. The SMILES string of the molecule is COC(=O)C1=C(C)NC(C)=C(C(=O)OCC[Si](C)(C)C)C1c1ccccc1[N+](=O)[O-]. The van der Waals surface area contributed by atoms with Crippen LogP contribution in [0.2, 0.25) is 25.7 Å². The average Bonchev–Trinajstić information content (AvgIpc) is 2.65. The maximum absolute atomic E-state index is 13.1. The number of esters is 2. The number of carbonyl (C=O) groups is 2. The van der Waals surface area contributed by atoms with Gasteiger partial charge in [0.2, 0.25) is 0 Å². The molecule has 1 N–H and O–H groups in total. The van der Waals surface area contributed by atoms with Gasteiger partial charge in [-0.3, -0.25) is 10.1 Å². The molecular weight excluding hydrogens is 404 g/mol. The van der Waals surface area contributed by atoms with E-state index < -0.39 is 30.9 Å². The van der Waals surface area contributed by atoms with Crippen LogP contribution in [0.1, 0.15) is 25.3 Å². The van der Waals surface area contributed by atoms with Gasteiger partial charge in [0.15, 0.2) is 0 Å². The van der Waals surface area contributed by atoms with Crippen LogP contribution in [-0.4, -0.2) is 38.7 Å². The minimum atomic E-state index is -1.43. The zero-order chi connectivity index (χ0) is 22.6. The quantitative estimate of drug-likeness (QED) is 0.301. The van der Waals surface area contributed by atoms with Gasteiger partial charge in [-0.1, -0.05) is 37.8 Å². The molecule has 1 aromatic rings. The van der Waals surface area contributed by atoms with Crippen molar-refractivity contribution in [2.45, 2.75) is 45.5 Å². The van der Waals surface area contributed by atoms with Crippen molar-refractivity contribution >= 4 is 25.7 Å². The monoisotopic (exact) mass is 432 g/mol. The molecule has 30 heavy (non-hydrogen) atoms. The Morgan fingerprint density at radius 3 is 2.20 bits per heavy atom. The number of para-hydroxylation sites is 1. The largest absolute Gasteiger partial charge is 0.466 e. The van der Waals surface area contributed by atoms with Gasteiger partial charge >= 0.3 is 11.9 Å². The minimum Gasteiger partial charge on any atom is -0.466 e. The van der Waals surface area contributed by atoms with Crippen LogP contribution in [0.3, 0.4) is 0 Å². The number of methoxy groups -OCH3 is 1. The first-order valence-electron chi connectivity index (χ1n) is 9.65. The summed E-state index contributed by atoms with van der Waals surface area (Å²) in [4.78, 5) is 36.8. The van der Waals surface area contributed by atoms with Crippen molar-refractivity contribution in [1.82, 2.24) is 5.32 Å². The molecule has 9 heteroatoms. The number of nitrogens with zero attached hydrogens (tertiary/aromatic N) is 1. The molecule has 1 unspecified atom stereocenters. The van der Waals surface area contributed by atoms with E-state index in [0.717, 1.165) is 6.04 Å². The number of benzene rings is 1. The molecule has 2 rings (SSSR count). The lowest BCUT2D eigenvalue weighted by Gasteiger charge is -2.30. The molecule has 0 radical (unpaired) electrons. The summed E-state index contributed by atoms with van der Waals surface area (Å²) in [6, 6.07) is 6.86. The number of nitro benzene ring substituents is 1. The average molecular weight is 433 g/mol. The van der Waals surface area contributed by atoms with Crippen molar-refractivity contribution < 1.29 is 24.0 Å². The maximum atomic E-state index is 13.1. The molecule has 1 aromatic carbocycles. The number of hydrogen-bond acceptors (Lipinski definition) is 7. The standard InChI is InChI=1S/C21H28N2O6Si/c1-13-17(20(24)28-3)19(15-9-7-8-10-16(15)23(26)27)18(14(2)22-13)21(25)29-11-12-30(4,5)6/h7-10,19,22H,11-12H2,1-6H3. The van der Waals surface area contributed by atoms with Gasteiger partial charge in [-0.25, -0.2) is 9.59 Å². The van der Waals surface area contributed by atoms with Gasteiger partial charge in [0.1, 0.15) is 0 Å². The lowest BCUT2D eigenvalue weighted by molar-refractivity contribution is -0.385. The van der Waals surface area contributed by atoms with E-state index in [9.17, 15) is 19.7 Å². The first kappa shape index (κ1) is 23.3. The predicted molar refractivity (Wildman–Crippen MR) is 116 cm³/mol.